The van der Waals surface area contributed by atoms with Gasteiger partial charge in [-0.15, -0.1) is 0 Å². The first-order valence-corrected chi connectivity index (χ1v) is 11.2. The summed E-state index contributed by atoms with van der Waals surface area (Å²) < 4.78 is 84.2. The highest BCUT2D eigenvalue weighted by molar-refractivity contribution is 6.04. The zero-order chi connectivity index (χ0) is 27.5. The van der Waals surface area contributed by atoms with Gasteiger partial charge in [0.25, 0.3) is 5.91 Å². The van der Waals surface area contributed by atoms with Gasteiger partial charge in [0.15, 0.2) is 0 Å². The van der Waals surface area contributed by atoms with Gasteiger partial charge in [0, 0.05) is 22.6 Å². The maximum atomic E-state index is 14.1. The summed E-state index contributed by atoms with van der Waals surface area (Å²) in [7, 11) is 0. The molecule has 0 heterocycles. The van der Waals surface area contributed by atoms with Crippen LogP contribution in [0, 0.1) is 0 Å². The smallest absolute Gasteiger partial charge is 0.356 e. The van der Waals surface area contributed by atoms with Crippen molar-refractivity contribution in [2.45, 2.75) is 12.4 Å². The summed E-state index contributed by atoms with van der Waals surface area (Å²) in [4.78, 5) is 12.4. The molecule has 0 bridgehead atoms. The van der Waals surface area contributed by atoms with Crippen LogP contribution >= 0.6 is 0 Å². The molecule has 1 amide bonds. The van der Waals surface area contributed by atoms with Crippen LogP contribution in [0.25, 0.3) is 16.8 Å². The third-order valence-electron chi connectivity index (χ3n) is 5.65. The van der Waals surface area contributed by atoms with E-state index in [-0.39, 0.29) is 16.9 Å². The Labute approximate surface area is 214 Å². The number of hydrogen-bond donors (Lipinski definition) is 2. The minimum atomic E-state index is -5.00. The minimum Gasteiger partial charge on any atom is -0.356 e. The molecule has 38 heavy (non-hydrogen) atoms. The molecule has 0 aliphatic rings. The molecule has 0 aromatic heterocycles. The lowest BCUT2D eigenvalue weighted by Crippen LogP contribution is -2.15. The van der Waals surface area contributed by atoms with E-state index in [4.69, 9.17) is 0 Å². The number of nitrogens with one attached hydrogen (secondary N) is 2. The Kier molecular flexibility index (Phi) is 7.30. The first-order valence-electron chi connectivity index (χ1n) is 11.2. The van der Waals surface area contributed by atoms with Crippen LogP contribution < -0.4 is 10.6 Å². The molecule has 3 nitrogen and oxygen atoms in total. The maximum absolute atomic E-state index is 14.1. The van der Waals surface area contributed by atoms with Crippen molar-refractivity contribution >= 4 is 23.0 Å². The van der Waals surface area contributed by atoms with E-state index in [0.29, 0.717) is 17.3 Å². The van der Waals surface area contributed by atoms with Gasteiger partial charge in [-0.05, 0) is 53.1 Å². The molecular formula is C29H20F6N2O. The topological polar surface area (TPSA) is 41.1 Å². The second-order valence-electron chi connectivity index (χ2n) is 8.31. The van der Waals surface area contributed by atoms with Crippen molar-refractivity contribution in [1.82, 2.24) is 0 Å². The fourth-order valence-electron chi connectivity index (χ4n) is 3.86. The van der Waals surface area contributed by atoms with E-state index >= 15 is 0 Å². The van der Waals surface area contributed by atoms with Crippen LogP contribution in [-0.2, 0) is 12.4 Å². The fourth-order valence-corrected chi connectivity index (χ4v) is 3.86. The molecule has 0 atom stereocenters. The Morgan fingerprint density at radius 1 is 0.579 bits per heavy atom. The number of amides is 1. The van der Waals surface area contributed by atoms with Crippen LogP contribution in [0.2, 0.25) is 0 Å². The fraction of sp³-hybridized carbons (Fsp3) is 0.0690. The van der Waals surface area contributed by atoms with E-state index in [0.717, 1.165) is 24.3 Å². The summed E-state index contributed by atoms with van der Waals surface area (Å²) in [5.74, 6) is -0.656. The Balaban J connectivity index is 1.73. The van der Waals surface area contributed by atoms with Gasteiger partial charge >= 0.3 is 12.4 Å². The molecule has 2 N–H and O–H groups in total. The van der Waals surface area contributed by atoms with Crippen LogP contribution in [0.3, 0.4) is 0 Å². The van der Waals surface area contributed by atoms with E-state index in [1.54, 1.807) is 48.5 Å². The molecule has 194 valence electrons. The van der Waals surface area contributed by atoms with E-state index in [1.807, 2.05) is 0 Å². The molecule has 0 saturated carbocycles. The summed E-state index contributed by atoms with van der Waals surface area (Å²) >= 11 is 0. The van der Waals surface area contributed by atoms with Gasteiger partial charge in [-0.25, -0.2) is 0 Å². The molecule has 0 aliphatic heterocycles. The Hall–Kier alpha value is -4.53. The van der Waals surface area contributed by atoms with Gasteiger partial charge < -0.3 is 10.6 Å². The molecule has 4 rings (SSSR count). The van der Waals surface area contributed by atoms with Crippen molar-refractivity contribution in [2.24, 2.45) is 0 Å². The van der Waals surface area contributed by atoms with Crippen molar-refractivity contribution in [2.75, 3.05) is 10.6 Å². The van der Waals surface area contributed by atoms with Gasteiger partial charge in [-0.3, -0.25) is 4.79 Å². The molecule has 9 heteroatoms. The van der Waals surface area contributed by atoms with Gasteiger partial charge in [0.1, 0.15) is 0 Å². The summed E-state index contributed by atoms with van der Waals surface area (Å²) in [6.45, 7) is 3.82. The molecule has 0 spiro atoms. The molecule has 0 unspecified atom stereocenters. The standard InChI is InChI=1S/C29H20F6N2O/c1-18(19-8-4-2-5-9-19)36-21-12-14-23(25(16-21)28(30,31)32)24-15-13-22(17-26(24)29(33,34)35)37-27(38)20-10-6-3-7-11-20/h2-17,36H,1H2,(H,37,38). The van der Waals surface area contributed by atoms with Crippen molar-refractivity contribution in [3.8, 4) is 11.1 Å². The summed E-state index contributed by atoms with van der Waals surface area (Å²) in [5.41, 5.74) is -2.92. The van der Waals surface area contributed by atoms with E-state index in [1.165, 1.54) is 18.2 Å². The van der Waals surface area contributed by atoms with E-state index in [2.05, 4.69) is 17.2 Å². The van der Waals surface area contributed by atoms with Gasteiger partial charge in [-0.2, -0.15) is 26.3 Å². The Bertz CT molecular complexity index is 1350. The summed E-state index contributed by atoms with van der Waals surface area (Å²) in [6.07, 6.45) is -9.95. The van der Waals surface area contributed by atoms with E-state index < -0.39 is 40.5 Å². The first kappa shape index (κ1) is 26.5. The van der Waals surface area contributed by atoms with Gasteiger partial charge in [0.05, 0.1) is 11.1 Å². The van der Waals surface area contributed by atoms with Crippen LogP contribution in [0.4, 0.5) is 37.7 Å². The number of halogens is 6. The molecular weight excluding hydrogens is 506 g/mol. The largest absolute Gasteiger partial charge is 0.417 e. The molecule has 4 aromatic carbocycles. The minimum absolute atomic E-state index is 0.00947. The third kappa shape index (κ3) is 6.05. The lowest BCUT2D eigenvalue weighted by Gasteiger charge is -2.20. The highest BCUT2D eigenvalue weighted by atomic mass is 19.4. The van der Waals surface area contributed by atoms with E-state index in [9.17, 15) is 31.1 Å². The SMILES string of the molecule is C=C(Nc1ccc(-c2ccc(NC(=O)c3ccccc3)cc2C(F)(F)F)c(C(F)(F)F)c1)c1ccccc1. The van der Waals surface area contributed by atoms with Gasteiger partial charge in [0.2, 0.25) is 0 Å². The zero-order valence-corrected chi connectivity index (χ0v) is 19.6. The number of benzene rings is 4. The van der Waals surface area contributed by atoms with Crippen molar-refractivity contribution in [3.63, 3.8) is 0 Å². The van der Waals surface area contributed by atoms with Crippen molar-refractivity contribution in [3.05, 3.63) is 126 Å². The van der Waals surface area contributed by atoms with Crippen LogP contribution in [0.1, 0.15) is 27.0 Å². The lowest BCUT2D eigenvalue weighted by atomic mass is 9.93. The quantitative estimate of drug-likeness (QED) is 0.247. The molecule has 0 fully saturated rings. The average molecular weight is 526 g/mol. The normalized spacial score (nSPS) is 11.6. The monoisotopic (exact) mass is 526 g/mol. The molecule has 0 saturated heterocycles. The molecule has 4 aromatic rings. The highest BCUT2D eigenvalue weighted by Crippen LogP contribution is 2.44. The van der Waals surface area contributed by atoms with Crippen molar-refractivity contribution < 1.29 is 31.1 Å². The average Bonchev–Trinajstić information content (AvgIpc) is 2.88. The third-order valence-corrected chi connectivity index (χ3v) is 5.65. The van der Waals surface area contributed by atoms with Crippen LogP contribution in [0.15, 0.2) is 104 Å². The number of anilines is 2. The second kappa shape index (κ2) is 10.5. The predicted octanol–water partition coefficient (Wildman–Crippen LogP) is 8.73. The number of alkyl halides is 6. The molecule has 0 radical (unpaired) electrons. The first-order chi connectivity index (χ1) is 17.9. The van der Waals surface area contributed by atoms with Crippen molar-refractivity contribution in [1.29, 1.82) is 0 Å². The number of carbonyl (C=O) groups excluding carboxylic acids is 1. The second-order valence-corrected chi connectivity index (χ2v) is 8.31. The highest BCUT2D eigenvalue weighted by Gasteiger charge is 2.39. The number of hydrogen-bond acceptors (Lipinski definition) is 2. The van der Waals surface area contributed by atoms with Crippen LogP contribution in [-0.4, -0.2) is 5.91 Å². The summed E-state index contributed by atoms with van der Waals surface area (Å²) in [5, 5.41) is 5.14. The Morgan fingerprint density at radius 2 is 1.00 bits per heavy atom. The molecule has 0 aliphatic carbocycles. The Morgan fingerprint density at radius 3 is 1.45 bits per heavy atom. The predicted molar refractivity (Wildman–Crippen MR) is 135 cm³/mol. The number of carbonyl (C=O) groups is 1. The zero-order valence-electron chi connectivity index (χ0n) is 19.6. The van der Waals surface area contributed by atoms with Gasteiger partial charge in [-0.1, -0.05) is 67.2 Å². The summed E-state index contributed by atoms with van der Waals surface area (Å²) in [6, 6.07) is 22.1. The lowest BCUT2D eigenvalue weighted by molar-refractivity contribution is -0.139. The maximum Gasteiger partial charge on any atom is 0.417 e. The van der Waals surface area contributed by atoms with Crippen LogP contribution in [0.5, 0.6) is 0 Å². The number of rotatable bonds is 6.